The zero-order chi connectivity index (χ0) is 37.8. The molecule has 0 saturated carbocycles. The molecule has 2 saturated heterocycles. The predicted octanol–water partition coefficient (Wildman–Crippen LogP) is 4.94. The number of carbonyl (C=O) groups is 4. The third kappa shape index (κ3) is 7.99. The Morgan fingerprint density at radius 1 is 0.792 bits per heavy atom. The molecule has 2 aliphatic heterocycles. The van der Waals surface area contributed by atoms with Crippen LogP contribution in [-0.4, -0.2) is 106 Å². The highest BCUT2D eigenvalue weighted by Gasteiger charge is 2.38. The second-order valence-corrected chi connectivity index (χ2v) is 14.1. The fourth-order valence-electron chi connectivity index (χ4n) is 7.03. The van der Waals surface area contributed by atoms with E-state index in [2.05, 4.69) is 31.7 Å². The van der Waals surface area contributed by atoms with Crippen molar-refractivity contribution >= 4 is 35.0 Å². The highest BCUT2D eigenvalue weighted by molar-refractivity contribution is 5.88. The van der Waals surface area contributed by atoms with Crippen LogP contribution in [0.3, 0.4) is 0 Å². The maximum absolute atomic E-state index is 13.6. The minimum Gasteiger partial charge on any atom is -0.453 e. The van der Waals surface area contributed by atoms with Gasteiger partial charge in [-0.3, -0.25) is 9.59 Å². The summed E-state index contributed by atoms with van der Waals surface area (Å²) in [5.41, 5.74) is 5.39. The number of rotatable bonds is 10. The number of ether oxygens (including phenoxy) is 3. The van der Waals surface area contributed by atoms with Gasteiger partial charge in [0.1, 0.15) is 29.8 Å². The van der Waals surface area contributed by atoms with E-state index in [9.17, 15) is 19.2 Å². The van der Waals surface area contributed by atoms with Crippen LogP contribution in [0.1, 0.15) is 64.3 Å². The number of H-pyrrole nitrogens is 2. The number of fused-ring (bicyclic) bond motifs is 1. The number of aromatic amines is 2. The number of nitrogens with one attached hydrogen (secondary N) is 4. The lowest BCUT2D eigenvalue weighted by Crippen LogP contribution is -2.54. The zero-order valence-electron chi connectivity index (χ0n) is 31.0. The topological polar surface area (TPSA) is 184 Å². The quantitative estimate of drug-likeness (QED) is 0.176. The number of nitrogens with zero attached hydrogens (tertiary/aromatic N) is 4. The SMILES string of the molecule is COC(=O)N[C@H](C(=O)N1CCOC[C@H]1c1ncc(-c2ccc(-c3ccc4nc([C@@H]5CCCN5C(=O)[C@@H](NC(=O)OC)C(C)C)[nH]c4c3)cc2)[nH]1)C(C)C. The van der Waals surface area contributed by atoms with Crippen LogP contribution in [0.4, 0.5) is 9.59 Å². The van der Waals surface area contributed by atoms with Gasteiger partial charge in [-0.15, -0.1) is 0 Å². The van der Waals surface area contributed by atoms with E-state index in [1.807, 2.05) is 64.1 Å². The summed E-state index contributed by atoms with van der Waals surface area (Å²) in [6, 6.07) is 12.0. The number of benzene rings is 2. The fraction of sp³-hybridized carbons (Fsp3) is 0.474. The maximum Gasteiger partial charge on any atom is 0.407 e. The van der Waals surface area contributed by atoms with E-state index in [-0.39, 0.29) is 36.3 Å². The van der Waals surface area contributed by atoms with E-state index in [0.29, 0.717) is 25.5 Å². The largest absolute Gasteiger partial charge is 0.453 e. The minimum atomic E-state index is -0.751. The van der Waals surface area contributed by atoms with E-state index in [1.165, 1.54) is 14.2 Å². The second kappa shape index (κ2) is 16.1. The number of morpholine rings is 1. The Bertz CT molecular complexity index is 1940. The molecule has 282 valence electrons. The molecular formula is C38H48N8O7. The summed E-state index contributed by atoms with van der Waals surface area (Å²) in [5, 5.41) is 5.36. The molecule has 0 spiro atoms. The molecule has 15 heteroatoms. The Morgan fingerprint density at radius 3 is 2.02 bits per heavy atom. The highest BCUT2D eigenvalue weighted by atomic mass is 16.5. The number of methoxy groups -OCH3 is 2. The minimum absolute atomic E-state index is 0.115. The summed E-state index contributed by atoms with van der Waals surface area (Å²) in [6.45, 7) is 9.15. The number of likely N-dealkylation sites (tertiary alicyclic amines) is 1. The number of alkyl carbamates (subject to hydrolysis) is 2. The number of aromatic nitrogens is 4. The third-order valence-corrected chi connectivity index (χ3v) is 9.99. The Hall–Kier alpha value is -5.44. The fourth-order valence-corrected chi connectivity index (χ4v) is 7.03. The molecule has 53 heavy (non-hydrogen) atoms. The summed E-state index contributed by atoms with van der Waals surface area (Å²) >= 11 is 0. The van der Waals surface area contributed by atoms with E-state index in [1.54, 1.807) is 16.0 Å². The van der Waals surface area contributed by atoms with Gasteiger partial charge >= 0.3 is 12.2 Å². The Kier molecular flexibility index (Phi) is 11.3. The molecule has 0 bridgehead atoms. The zero-order valence-corrected chi connectivity index (χ0v) is 31.0. The highest BCUT2D eigenvalue weighted by Crippen LogP contribution is 2.34. The molecule has 4 heterocycles. The number of hydrogen-bond donors (Lipinski definition) is 4. The van der Waals surface area contributed by atoms with Crippen molar-refractivity contribution in [3.8, 4) is 22.4 Å². The van der Waals surface area contributed by atoms with Crippen LogP contribution in [0.25, 0.3) is 33.4 Å². The standard InChI is InChI=1S/C38H48N8O7/c1-21(2)31(43-37(49)51-5)35(47)45-15-7-8-29(45)34-40-26-14-13-25(18-27(26)41-34)23-9-11-24(12-10-23)28-19-39-33(42-28)30-20-53-17-16-46(30)36(48)32(22(3)4)44-38(50)52-6/h9-14,18-19,21-22,29-32H,7-8,15-17,20H2,1-6H3,(H,39,42)(H,40,41)(H,43,49)(H,44,50)/t29-,30-,31-,32-/m0/s1. The predicted molar refractivity (Wildman–Crippen MR) is 196 cm³/mol. The van der Waals surface area contributed by atoms with Crippen molar-refractivity contribution in [2.24, 2.45) is 11.8 Å². The van der Waals surface area contributed by atoms with E-state index < -0.39 is 30.3 Å². The molecule has 2 aromatic carbocycles. The molecule has 6 rings (SSSR count). The molecule has 2 fully saturated rings. The van der Waals surface area contributed by atoms with Crippen LogP contribution in [-0.2, 0) is 23.8 Å². The molecule has 4 amide bonds. The van der Waals surface area contributed by atoms with Crippen LogP contribution in [0.5, 0.6) is 0 Å². The van der Waals surface area contributed by atoms with Gasteiger partial charge in [0, 0.05) is 13.1 Å². The van der Waals surface area contributed by atoms with Crippen molar-refractivity contribution in [3.05, 3.63) is 60.3 Å². The van der Waals surface area contributed by atoms with Crippen LogP contribution >= 0.6 is 0 Å². The summed E-state index contributed by atoms with van der Waals surface area (Å²) < 4.78 is 15.2. The molecule has 4 N–H and O–H groups in total. The second-order valence-electron chi connectivity index (χ2n) is 14.1. The van der Waals surface area contributed by atoms with Gasteiger partial charge in [0.05, 0.1) is 56.4 Å². The van der Waals surface area contributed by atoms with Crippen LogP contribution < -0.4 is 10.6 Å². The van der Waals surface area contributed by atoms with Crippen molar-refractivity contribution < 1.29 is 33.4 Å². The third-order valence-electron chi connectivity index (χ3n) is 9.99. The summed E-state index contributed by atoms with van der Waals surface area (Å²) in [4.78, 5) is 71.0. The molecule has 0 aliphatic carbocycles. The van der Waals surface area contributed by atoms with Gasteiger partial charge < -0.3 is 44.6 Å². The van der Waals surface area contributed by atoms with E-state index in [0.717, 1.165) is 52.1 Å². The maximum atomic E-state index is 13.6. The smallest absolute Gasteiger partial charge is 0.407 e. The van der Waals surface area contributed by atoms with Crippen molar-refractivity contribution in [2.75, 3.05) is 40.5 Å². The number of hydrogen-bond acceptors (Lipinski definition) is 9. The van der Waals surface area contributed by atoms with Crippen LogP contribution in [0.2, 0.25) is 0 Å². The number of amides is 4. The first-order valence-corrected chi connectivity index (χ1v) is 18.0. The van der Waals surface area contributed by atoms with Gasteiger partial charge in [0.15, 0.2) is 0 Å². The van der Waals surface area contributed by atoms with Crippen molar-refractivity contribution in [1.82, 2.24) is 40.4 Å². The molecule has 4 aromatic rings. The van der Waals surface area contributed by atoms with Crippen molar-refractivity contribution in [1.29, 1.82) is 0 Å². The first-order valence-electron chi connectivity index (χ1n) is 18.0. The molecule has 2 aromatic heterocycles. The lowest BCUT2D eigenvalue weighted by atomic mass is 10.0. The molecular weight excluding hydrogens is 680 g/mol. The summed E-state index contributed by atoms with van der Waals surface area (Å²) in [5.74, 6) is 0.683. The lowest BCUT2D eigenvalue weighted by molar-refractivity contribution is -0.143. The van der Waals surface area contributed by atoms with Gasteiger partial charge in [-0.25, -0.2) is 19.6 Å². The van der Waals surface area contributed by atoms with Crippen molar-refractivity contribution in [3.63, 3.8) is 0 Å². The molecule has 0 radical (unpaired) electrons. The van der Waals surface area contributed by atoms with Crippen LogP contribution in [0.15, 0.2) is 48.7 Å². The average molecular weight is 729 g/mol. The summed E-state index contributed by atoms with van der Waals surface area (Å²) in [7, 11) is 2.56. The Morgan fingerprint density at radius 2 is 1.40 bits per heavy atom. The van der Waals surface area contributed by atoms with Gasteiger partial charge in [-0.2, -0.15) is 0 Å². The summed E-state index contributed by atoms with van der Waals surface area (Å²) in [6.07, 6.45) is 2.07. The first-order chi connectivity index (χ1) is 25.5. The lowest BCUT2D eigenvalue weighted by Gasteiger charge is -2.37. The molecule has 2 aliphatic rings. The van der Waals surface area contributed by atoms with Gasteiger partial charge in [0.2, 0.25) is 11.8 Å². The normalized spacial score (nSPS) is 18.6. The number of imidazole rings is 2. The van der Waals surface area contributed by atoms with E-state index in [4.69, 9.17) is 19.2 Å². The number of carbonyl (C=O) groups excluding carboxylic acids is 4. The molecule has 0 unspecified atom stereocenters. The monoisotopic (exact) mass is 728 g/mol. The average Bonchev–Trinajstić information content (AvgIpc) is 3.95. The van der Waals surface area contributed by atoms with Gasteiger partial charge in [0.25, 0.3) is 0 Å². The molecule has 4 atom stereocenters. The van der Waals surface area contributed by atoms with Gasteiger partial charge in [-0.1, -0.05) is 58.0 Å². The van der Waals surface area contributed by atoms with Crippen molar-refractivity contribution in [2.45, 2.75) is 64.7 Å². The van der Waals surface area contributed by atoms with E-state index >= 15 is 0 Å². The van der Waals surface area contributed by atoms with Crippen LogP contribution in [0, 0.1) is 11.8 Å². The Labute approximate surface area is 308 Å². The first kappa shape index (κ1) is 37.3. The molecule has 15 nitrogen and oxygen atoms in total. The Balaban J connectivity index is 1.17. The van der Waals surface area contributed by atoms with Gasteiger partial charge in [-0.05, 0) is 53.5 Å².